The zero-order chi connectivity index (χ0) is 27.2. The molecule has 0 saturated carbocycles. The summed E-state index contributed by atoms with van der Waals surface area (Å²) in [6, 6.07) is 0. The van der Waals surface area contributed by atoms with Crippen LogP contribution in [0.1, 0.15) is 32.1 Å². The first kappa shape index (κ1) is 36.0. The monoisotopic (exact) mass is 503 g/mol. The number of hydrogen-bond donors (Lipinski definition) is 3. The van der Waals surface area contributed by atoms with Gasteiger partial charge in [-0.25, -0.2) is 0 Å². The molecule has 0 aliphatic heterocycles. The Morgan fingerprint density at radius 1 is 0.686 bits per heavy atom. The second-order valence-electron chi connectivity index (χ2n) is 6.17. The van der Waals surface area contributed by atoms with Gasteiger partial charge < -0.3 is 40.1 Å². The molecule has 2 amide bonds. The summed E-state index contributed by atoms with van der Waals surface area (Å²) in [7, 11) is 2.43. The van der Waals surface area contributed by atoms with Crippen LogP contribution in [0.2, 0.25) is 0 Å². The maximum absolute atomic E-state index is 11.4. The van der Waals surface area contributed by atoms with Gasteiger partial charge in [0, 0.05) is 13.1 Å². The van der Waals surface area contributed by atoms with Gasteiger partial charge in [-0.15, -0.1) is 0 Å². The summed E-state index contributed by atoms with van der Waals surface area (Å²) in [5.41, 5.74) is 5.15. The van der Waals surface area contributed by atoms with E-state index in [4.69, 9.17) is 19.9 Å². The molecular formula is C23H41N3O9. The summed E-state index contributed by atoms with van der Waals surface area (Å²) < 4.78 is 22.9. The van der Waals surface area contributed by atoms with Crippen LogP contribution in [0.4, 0.5) is 0 Å². The third kappa shape index (κ3) is 35.2. The summed E-state index contributed by atoms with van der Waals surface area (Å²) in [5, 5.41) is 5.26. The van der Waals surface area contributed by atoms with Crippen LogP contribution >= 0.6 is 0 Å². The van der Waals surface area contributed by atoms with Crippen molar-refractivity contribution >= 4 is 23.8 Å². The van der Waals surface area contributed by atoms with Gasteiger partial charge in [0.05, 0.1) is 52.8 Å². The zero-order valence-electron chi connectivity index (χ0n) is 20.9. The number of methoxy groups -OCH3 is 2. The van der Waals surface area contributed by atoms with E-state index in [9.17, 15) is 19.2 Å². The average molecular weight is 504 g/mol. The molecule has 0 saturated heterocycles. The third-order valence-corrected chi connectivity index (χ3v) is 3.41. The summed E-state index contributed by atoms with van der Waals surface area (Å²) in [4.78, 5) is 43.2. The highest BCUT2D eigenvalue weighted by molar-refractivity contribution is 5.96. The Bertz CT molecular complexity index is 557. The lowest BCUT2D eigenvalue weighted by atomic mass is 10.3. The molecule has 0 bridgehead atoms. The van der Waals surface area contributed by atoms with Crippen molar-refractivity contribution in [2.24, 2.45) is 5.73 Å². The number of esters is 2. The molecule has 0 radical (unpaired) electrons. The molecule has 0 aromatic carbocycles. The lowest BCUT2D eigenvalue weighted by Gasteiger charge is -2.06. The molecule has 0 aliphatic carbocycles. The van der Waals surface area contributed by atoms with Crippen molar-refractivity contribution in [2.45, 2.75) is 32.1 Å². The highest BCUT2D eigenvalue weighted by Crippen LogP contribution is 1.87. The lowest BCUT2D eigenvalue weighted by molar-refractivity contribution is -0.151. The minimum atomic E-state index is -0.582. The molecule has 0 spiro atoms. The summed E-state index contributed by atoms with van der Waals surface area (Å²) >= 11 is 0. The Morgan fingerprint density at radius 3 is 1.37 bits per heavy atom. The van der Waals surface area contributed by atoms with Gasteiger partial charge in [0.1, 0.15) is 12.8 Å². The molecule has 0 aromatic rings. The van der Waals surface area contributed by atoms with Crippen molar-refractivity contribution in [1.29, 1.82) is 0 Å². The summed E-state index contributed by atoms with van der Waals surface area (Å²) in [6.45, 7) is 13.5. The van der Waals surface area contributed by atoms with Crippen molar-refractivity contribution in [3.05, 3.63) is 38.5 Å². The van der Waals surface area contributed by atoms with Crippen LogP contribution in [0.15, 0.2) is 38.5 Å². The first-order valence-electron chi connectivity index (χ1n) is 10.9. The molecule has 12 nitrogen and oxygen atoms in total. The first-order valence-corrected chi connectivity index (χ1v) is 10.9. The minimum absolute atomic E-state index is 0.162. The van der Waals surface area contributed by atoms with Crippen LogP contribution in [-0.2, 0) is 42.9 Å². The van der Waals surface area contributed by atoms with Gasteiger partial charge in [0.15, 0.2) is 0 Å². The van der Waals surface area contributed by atoms with Gasteiger partial charge in [0.2, 0.25) is 11.8 Å². The molecular weight excluding hydrogens is 462 g/mol. The topological polar surface area (TPSA) is 165 Å². The minimum Gasteiger partial charge on any atom is -0.502 e. The van der Waals surface area contributed by atoms with Gasteiger partial charge in [0.25, 0.3) is 0 Å². The van der Waals surface area contributed by atoms with Crippen molar-refractivity contribution in [2.75, 3.05) is 53.7 Å². The quantitative estimate of drug-likeness (QED) is 0.106. The molecule has 0 aromatic heterocycles. The lowest BCUT2D eigenvalue weighted by Crippen LogP contribution is -2.33. The van der Waals surface area contributed by atoms with Gasteiger partial charge in [-0.2, -0.15) is 0 Å². The summed E-state index contributed by atoms with van der Waals surface area (Å²) in [6.07, 6.45) is 5.92. The van der Waals surface area contributed by atoms with Crippen LogP contribution in [-0.4, -0.2) is 77.4 Å². The van der Waals surface area contributed by atoms with E-state index >= 15 is 0 Å². The number of amides is 2. The van der Waals surface area contributed by atoms with Crippen LogP contribution < -0.4 is 16.4 Å². The van der Waals surface area contributed by atoms with Gasteiger partial charge in [-0.05, 0) is 25.8 Å². The fourth-order valence-electron chi connectivity index (χ4n) is 1.72. The number of carbonyl (C=O) groups excluding carboxylic acids is 4. The van der Waals surface area contributed by atoms with E-state index in [0.717, 1.165) is 6.42 Å². The van der Waals surface area contributed by atoms with Crippen molar-refractivity contribution in [3.63, 3.8) is 0 Å². The number of hydrogen-bond acceptors (Lipinski definition) is 10. The molecule has 0 fully saturated rings. The molecule has 0 aliphatic rings. The van der Waals surface area contributed by atoms with Crippen LogP contribution in [0, 0.1) is 0 Å². The van der Waals surface area contributed by atoms with Crippen LogP contribution in [0.3, 0.4) is 0 Å². The zero-order valence-corrected chi connectivity index (χ0v) is 20.9. The Labute approximate surface area is 207 Å². The number of carbonyl (C=O) groups is 4. The van der Waals surface area contributed by atoms with E-state index in [0.29, 0.717) is 52.3 Å². The number of nitrogens with two attached hydrogens (primary N) is 1. The molecule has 4 N–H and O–H groups in total. The molecule has 0 rings (SSSR count). The van der Waals surface area contributed by atoms with E-state index in [1.807, 2.05) is 0 Å². The van der Waals surface area contributed by atoms with E-state index in [1.54, 1.807) is 0 Å². The second-order valence-corrected chi connectivity index (χ2v) is 6.17. The Kier molecular flexibility index (Phi) is 31.4. The van der Waals surface area contributed by atoms with E-state index in [2.05, 4.69) is 39.8 Å². The number of ether oxygens (including phenoxy) is 5. The van der Waals surface area contributed by atoms with Gasteiger partial charge in [-0.3, -0.25) is 19.2 Å². The van der Waals surface area contributed by atoms with Gasteiger partial charge in [-0.1, -0.05) is 19.7 Å². The average Bonchev–Trinajstić information content (AvgIpc) is 2.84. The predicted octanol–water partition coefficient (Wildman–Crippen LogP) is 0.927. The van der Waals surface area contributed by atoms with E-state index < -0.39 is 11.9 Å². The summed E-state index contributed by atoms with van der Waals surface area (Å²) in [5.74, 6) is -1.75. The standard InChI is InChI=1S/C13H22N2O4.C5H11NO.C5H8O4/c1-3-18-9-5-7-14-12(16)11-13(17)15-8-6-10-19-4-2;1-2-7-5-3-4-6;1-8-4(6)3-5(7)9-2/h3-4H,1-2,5-11H2,(H,14,16)(H,15,17);2H,1,3-6H2;3H2,1-2H3. The molecule has 0 atom stereocenters. The number of rotatable bonds is 18. The molecule has 202 valence electrons. The van der Waals surface area contributed by atoms with Crippen LogP contribution in [0.25, 0.3) is 0 Å². The fraction of sp³-hybridized carbons (Fsp3) is 0.565. The highest BCUT2D eigenvalue weighted by atomic mass is 16.5. The predicted molar refractivity (Wildman–Crippen MR) is 131 cm³/mol. The molecule has 12 heteroatoms. The van der Waals surface area contributed by atoms with Crippen molar-refractivity contribution in [1.82, 2.24) is 10.6 Å². The molecule has 0 unspecified atom stereocenters. The molecule has 35 heavy (non-hydrogen) atoms. The van der Waals surface area contributed by atoms with E-state index in [1.165, 1.54) is 33.0 Å². The van der Waals surface area contributed by atoms with Gasteiger partial charge >= 0.3 is 11.9 Å². The Hall–Kier alpha value is -3.54. The maximum Gasteiger partial charge on any atom is 0.316 e. The molecule has 0 heterocycles. The third-order valence-electron chi connectivity index (χ3n) is 3.41. The first-order chi connectivity index (χ1) is 16.8. The maximum atomic E-state index is 11.4. The Balaban J connectivity index is -0.000000527. The largest absolute Gasteiger partial charge is 0.502 e. The van der Waals surface area contributed by atoms with Crippen LogP contribution in [0.5, 0.6) is 0 Å². The number of nitrogens with one attached hydrogen (secondary N) is 2. The Morgan fingerprint density at radius 2 is 1.06 bits per heavy atom. The second kappa shape index (κ2) is 30.5. The van der Waals surface area contributed by atoms with Crippen molar-refractivity contribution in [3.8, 4) is 0 Å². The van der Waals surface area contributed by atoms with Crippen molar-refractivity contribution < 1.29 is 42.9 Å². The highest BCUT2D eigenvalue weighted by Gasteiger charge is 2.08. The smallest absolute Gasteiger partial charge is 0.316 e. The normalized spacial score (nSPS) is 8.77. The fourth-order valence-corrected chi connectivity index (χ4v) is 1.72. The SMILES string of the molecule is C=COCCCN.C=COCCCNC(=O)CC(=O)NCCCOC=C.COC(=O)CC(=O)OC. The van der Waals surface area contributed by atoms with E-state index in [-0.39, 0.29) is 24.7 Å².